The Balaban J connectivity index is 1.88. The molecule has 20 heavy (non-hydrogen) atoms. The maximum Gasteiger partial charge on any atom is 0.188 e. The zero-order chi connectivity index (χ0) is 14.6. The number of aromatic nitrogens is 1. The van der Waals surface area contributed by atoms with Crippen LogP contribution in [0, 0.1) is 5.41 Å². The Bertz CT molecular complexity index is 476. The second kappa shape index (κ2) is 6.22. The van der Waals surface area contributed by atoms with Gasteiger partial charge in [-0.1, -0.05) is 19.0 Å². The molecule has 3 N–H and O–H groups in total. The third-order valence-electron chi connectivity index (χ3n) is 3.97. The fraction of sp³-hybridized carbons (Fsp3) is 0.600. The summed E-state index contributed by atoms with van der Waals surface area (Å²) in [5, 5.41) is 11.6. The van der Waals surface area contributed by atoms with Gasteiger partial charge in [0, 0.05) is 6.20 Å². The minimum Gasteiger partial charge on any atom is -0.409 e. The lowest BCUT2D eigenvalue weighted by Crippen LogP contribution is -2.26. The van der Waals surface area contributed by atoms with Gasteiger partial charge >= 0.3 is 0 Å². The summed E-state index contributed by atoms with van der Waals surface area (Å²) in [6.07, 6.45) is 6.64. The molecule has 0 aromatic carbocycles. The van der Waals surface area contributed by atoms with Crippen LogP contribution < -0.4 is 5.73 Å². The van der Waals surface area contributed by atoms with Gasteiger partial charge in [0.05, 0.1) is 12.7 Å². The van der Waals surface area contributed by atoms with E-state index in [2.05, 4.69) is 24.0 Å². The van der Waals surface area contributed by atoms with Crippen molar-refractivity contribution in [2.75, 3.05) is 0 Å². The Kier molecular flexibility index (Phi) is 4.60. The lowest BCUT2D eigenvalue weighted by Gasteiger charge is -2.34. The minimum atomic E-state index is 0.0197. The molecule has 110 valence electrons. The van der Waals surface area contributed by atoms with Crippen molar-refractivity contribution in [3.05, 3.63) is 29.6 Å². The van der Waals surface area contributed by atoms with E-state index in [0.29, 0.717) is 23.8 Å². The van der Waals surface area contributed by atoms with Gasteiger partial charge in [0.1, 0.15) is 5.69 Å². The predicted octanol–water partition coefficient (Wildman–Crippen LogP) is 2.66. The fourth-order valence-corrected chi connectivity index (χ4v) is 2.51. The monoisotopic (exact) mass is 277 g/mol. The molecule has 0 radical (unpaired) electrons. The summed E-state index contributed by atoms with van der Waals surface area (Å²) in [5.41, 5.74) is 7.45. The molecule has 0 unspecified atom stereocenters. The average Bonchev–Trinajstić information content (AvgIpc) is 2.45. The zero-order valence-corrected chi connectivity index (χ0v) is 12.2. The molecule has 1 heterocycles. The molecule has 0 atom stereocenters. The number of hydrogen-bond acceptors (Lipinski definition) is 4. The smallest absolute Gasteiger partial charge is 0.188 e. The van der Waals surface area contributed by atoms with E-state index in [1.54, 1.807) is 12.3 Å². The van der Waals surface area contributed by atoms with Gasteiger partial charge in [0.25, 0.3) is 0 Å². The topological polar surface area (TPSA) is 80.7 Å². The zero-order valence-electron chi connectivity index (χ0n) is 12.2. The molecule has 1 aromatic heterocycles. The van der Waals surface area contributed by atoms with Crippen LogP contribution in [0.2, 0.25) is 0 Å². The van der Waals surface area contributed by atoms with Crippen LogP contribution in [-0.4, -0.2) is 22.1 Å². The Morgan fingerprint density at radius 2 is 2.20 bits per heavy atom. The molecular formula is C15H23N3O2. The first kappa shape index (κ1) is 14.8. The molecule has 0 bridgehead atoms. The van der Waals surface area contributed by atoms with E-state index in [9.17, 15) is 0 Å². The largest absolute Gasteiger partial charge is 0.409 e. The number of nitrogens with two attached hydrogens (primary N) is 1. The van der Waals surface area contributed by atoms with E-state index >= 15 is 0 Å². The highest BCUT2D eigenvalue weighted by molar-refractivity contribution is 5.95. The molecule has 1 saturated carbocycles. The molecule has 2 rings (SSSR count). The first-order valence-corrected chi connectivity index (χ1v) is 7.04. The number of nitrogens with zero attached hydrogens (tertiary/aromatic N) is 2. The minimum absolute atomic E-state index is 0.0197. The summed E-state index contributed by atoms with van der Waals surface area (Å²) in [7, 11) is 0. The molecule has 5 heteroatoms. The van der Waals surface area contributed by atoms with Crippen LogP contribution in [0.3, 0.4) is 0 Å². The molecule has 0 saturated heterocycles. The molecule has 0 amide bonds. The van der Waals surface area contributed by atoms with Crippen molar-refractivity contribution < 1.29 is 9.94 Å². The van der Waals surface area contributed by atoms with Crippen LogP contribution in [0.5, 0.6) is 0 Å². The molecule has 1 aliphatic rings. The van der Waals surface area contributed by atoms with Gasteiger partial charge in [-0.05, 0) is 48.8 Å². The summed E-state index contributed by atoms with van der Waals surface area (Å²) < 4.78 is 5.96. The van der Waals surface area contributed by atoms with E-state index in [1.807, 2.05) is 6.07 Å². The van der Waals surface area contributed by atoms with E-state index in [1.165, 1.54) is 12.8 Å². The maximum atomic E-state index is 8.65. The molecule has 1 fully saturated rings. The van der Waals surface area contributed by atoms with Crippen LogP contribution in [-0.2, 0) is 11.3 Å². The van der Waals surface area contributed by atoms with Crippen molar-refractivity contribution in [2.45, 2.75) is 52.2 Å². The van der Waals surface area contributed by atoms with Gasteiger partial charge in [-0.3, -0.25) is 4.98 Å². The second-order valence-electron chi connectivity index (χ2n) is 6.21. The number of rotatable bonds is 4. The van der Waals surface area contributed by atoms with Gasteiger partial charge in [0.2, 0.25) is 0 Å². The van der Waals surface area contributed by atoms with Crippen LogP contribution in [0.4, 0.5) is 0 Å². The maximum absolute atomic E-state index is 8.65. The molecule has 0 aliphatic heterocycles. The van der Waals surface area contributed by atoms with Gasteiger partial charge in [-0.2, -0.15) is 0 Å². The molecular weight excluding hydrogens is 254 g/mol. The van der Waals surface area contributed by atoms with Gasteiger partial charge in [0.15, 0.2) is 5.84 Å². The van der Waals surface area contributed by atoms with Crippen molar-refractivity contribution >= 4 is 5.84 Å². The molecule has 0 spiro atoms. The normalized spacial score (nSPS) is 20.0. The third-order valence-corrected chi connectivity index (χ3v) is 3.97. The van der Waals surface area contributed by atoms with Crippen LogP contribution in [0.25, 0.3) is 0 Å². The van der Waals surface area contributed by atoms with Crippen LogP contribution in [0.1, 0.15) is 50.8 Å². The van der Waals surface area contributed by atoms with Gasteiger partial charge in [-0.25, -0.2) is 0 Å². The summed E-state index contributed by atoms with van der Waals surface area (Å²) in [6, 6.07) is 3.68. The Morgan fingerprint density at radius 1 is 1.50 bits per heavy atom. The van der Waals surface area contributed by atoms with E-state index < -0.39 is 0 Å². The lowest BCUT2D eigenvalue weighted by molar-refractivity contribution is -0.00561. The van der Waals surface area contributed by atoms with Crippen LogP contribution in [0.15, 0.2) is 23.5 Å². The SMILES string of the molecule is CC1(C)CCC(OCc2ccnc(/C(N)=N/O)c2)CC1. The summed E-state index contributed by atoms with van der Waals surface area (Å²) in [4.78, 5) is 4.05. The third kappa shape index (κ3) is 3.93. The fourth-order valence-electron chi connectivity index (χ4n) is 2.51. The summed E-state index contributed by atoms with van der Waals surface area (Å²) in [5.74, 6) is 0.0197. The highest BCUT2D eigenvalue weighted by Gasteiger charge is 2.27. The highest BCUT2D eigenvalue weighted by atomic mass is 16.5. The Morgan fingerprint density at radius 3 is 2.85 bits per heavy atom. The molecule has 5 nitrogen and oxygen atoms in total. The number of hydrogen-bond donors (Lipinski definition) is 2. The Hall–Kier alpha value is -1.62. The van der Waals surface area contributed by atoms with E-state index in [-0.39, 0.29) is 5.84 Å². The number of pyridine rings is 1. The van der Waals surface area contributed by atoms with Crippen molar-refractivity contribution in [3.8, 4) is 0 Å². The standard InChI is InChI=1S/C15H23N3O2/c1-15(2)6-3-12(4-7-15)20-10-11-5-8-17-13(9-11)14(16)18-19/h5,8-9,12,19H,3-4,6-7,10H2,1-2H3,(H2,16,18). The van der Waals surface area contributed by atoms with Crippen molar-refractivity contribution in [1.29, 1.82) is 0 Å². The average molecular weight is 277 g/mol. The number of ether oxygens (including phenoxy) is 1. The first-order valence-electron chi connectivity index (χ1n) is 7.04. The van der Waals surface area contributed by atoms with Crippen LogP contribution >= 0.6 is 0 Å². The molecule has 1 aliphatic carbocycles. The predicted molar refractivity (Wildman–Crippen MR) is 77.6 cm³/mol. The van der Waals surface area contributed by atoms with E-state index in [4.69, 9.17) is 15.7 Å². The van der Waals surface area contributed by atoms with Gasteiger partial charge in [-0.15, -0.1) is 0 Å². The quantitative estimate of drug-likeness (QED) is 0.384. The Labute approximate surface area is 119 Å². The van der Waals surface area contributed by atoms with Crippen molar-refractivity contribution in [1.82, 2.24) is 4.98 Å². The highest BCUT2D eigenvalue weighted by Crippen LogP contribution is 2.36. The summed E-state index contributed by atoms with van der Waals surface area (Å²) in [6.45, 7) is 5.17. The summed E-state index contributed by atoms with van der Waals surface area (Å²) >= 11 is 0. The van der Waals surface area contributed by atoms with E-state index in [0.717, 1.165) is 18.4 Å². The molecule has 1 aromatic rings. The lowest BCUT2D eigenvalue weighted by atomic mass is 9.76. The van der Waals surface area contributed by atoms with Gasteiger partial charge < -0.3 is 15.7 Å². The van der Waals surface area contributed by atoms with Crippen molar-refractivity contribution in [2.24, 2.45) is 16.3 Å². The first-order chi connectivity index (χ1) is 9.50. The number of oxime groups is 1. The van der Waals surface area contributed by atoms with Crippen molar-refractivity contribution in [3.63, 3.8) is 0 Å². The number of amidine groups is 1. The second-order valence-corrected chi connectivity index (χ2v) is 6.21.